The normalized spacial score (nSPS) is 20.8. The molecule has 1 aliphatic heterocycles. The maximum absolute atomic E-state index is 11.9. The maximum Gasteiger partial charge on any atom is 0.263 e. The smallest absolute Gasteiger partial charge is 0.263 e. The Morgan fingerprint density at radius 2 is 1.89 bits per heavy atom. The number of ether oxygens (including phenoxy) is 1. The van der Waals surface area contributed by atoms with Gasteiger partial charge >= 0.3 is 0 Å². The lowest BCUT2D eigenvalue weighted by atomic mass is 10.1. The van der Waals surface area contributed by atoms with Gasteiger partial charge in [0.25, 0.3) is 5.56 Å². The third kappa shape index (κ3) is 4.17. The number of anilines is 1. The van der Waals surface area contributed by atoms with E-state index in [4.69, 9.17) is 4.74 Å². The zero-order valence-corrected chi connectivity index (χ0v) is 15.5. The Labute approximate surface area is 157 Å². The van der Waals surface area contributed by atoms with Gasteiger partial charge in [0.1, 0.15) is 5.39 Å². The number of benzene rings is 1. The second kappa shape index (κ2) is 7.50. The third-order valence-corrected chi connectivity index (χ3v) is 4.70. The predicted octanol–water partition coefficient (Wildman–Crippen LogP) is 1.87. The Kier molecular flexibility index (Phi) is 4.91. The number of hydrogen-bond acceptors (Lipinski definition) is 6. The number of rotatable bonds is 5. The van der Waals surface area contributed by atoms with Crippen molar-refractivity contribution >= 4 is 17.0 Å². The largest absolute Gasteiger partial charge is 0.373 e. The molecule has 3 heterocycles. The molecule has 27 heavy (non-hydrogen) atoms. The second-order valence-electron chi connectivity index (χ2n) is 7.17. The summed E-state index contributed by atoms with van der Waals surface area (Å²) in [4.78, 5) is 21.4. The van der Waals surface area contributed by atoms with Crippen LogP contribution in [0, 0.1) is 0 Å². The van der Waals surface area contributed by atoms with Gasteiger partial charge in [0, 0.05) is 26.2 Å². The molecule has 0 aliphatic carbocycles. The molecule has 4 rings (SSSR count). The number of nitrogens with zero attached hydrogens (tertiary/aromatic N) is 3. The Balaban J connectivity index is 1.36. The zero-order chi connectivity index (χ0) is 18.8. The molecule has 1 saturated heterocycles. The summed E-state index contributed by atoms with van der Waals surface area (Å²) in [6.07, 6.45) is 2.03. The molecule has 3 aromatic rings. The third-order valence-electron chi connectivity index (χ3n) is 4.70. The highest BCUT2D eigenvalue weighted by atomic mass is 16.5. The van der Waals surface area contributed by atoms with Crippen molar-refractivity contribution in [2.75, 3.05) is 18.4 Å². The molecule has 8 nitrogen and oxygen atoms in total. The van der Waals surface area contributed by atoms with Crippen LogP contribution >= 0.6 is 0 Å². The highest BCUT2D eigenvalue weighted by Gasteiger charge is 2.21. The topological polar surface area (TPSA) is 98.9 Å². The fraction of sp³-hybridized carbons (Fsp3) is 0.421. The minimum absolute atomic E-state index is 0.208. The summed E-state index contributed by atoms with van der Waals surface area (Å²) in [5, 5.41) is 10.2. The van der Waals surface area contributed by atoms with Crippen molar-refractivity contribution in [3.8, 4) is 0 Å². The first-order valence-electron chi connectivity index (χ1n) is 9.20. The molecule has 1 aromatic carbocycles. The maximum atomic E-state index is 11.9. The van der Waals surface area contributed by atoms with E-state index in [0.717, 1.165) is 25.2 Å². The molecule has 3 N–H and O–H groups in total. The lowest BCUT2D eigenvalue weighted by Crippen LogP contribution is -2.44. The molecule has 0 spiro atoms. The summed E-state index contributed by atoms with van der Waals surface area (Å²) in [7, 11) is 0. The summed E-state index contributed by atoms with van der Waals surface area (Å²) in [6.45, 7) is 7.67. The molecule has 2 unspecified atom stereocenters. The van der Waals surface area contributed by atoms with Crippen molar-refractivity contribution in [3.63, 3.8) is 0 Å². The summed E-state index contributed by atoms with van der Waals surface area (Å²) < 4.78 is 5.79. The minimum Gasteiger partial charge on any atom is -0.373 e. The van der Waals surface area contributed by atoms with E-state index < -0.39 is 0 Å². The molecule has 2 atom stereocenters. The van der Waals surface area contributed by atoms with E-state index in [9.17, 15) is 4.79 Å². The molecule has 1 fully saturated rings. The first-order valence-corrected chi connectivity index (χ1v) is 9.20. The summed E-state index contributed by atoms with van der Waals surface area (Å²) in [5.41, 5.74) is 2.67. The zero-order valence-electron chi connectivity index (χ0n) is 15.5. The van der Waals surface area contributed by atoms with E-state index in [0.29, 0.717) is 23.5 Å². The number of morpholine rings is 1. The van der Waals surface area contributed by atoms with Crippen molar-refractivity contribution in [3.05, 3.63) is 51.9 Å². The monoisotopic (exact) mass is 368 g/mol. The minimum atomic E-state index is -0.208. The fourth-order valence-electron chi connectivity index (χ4n) is 3.55. The number of hydrogen-bond donors (Lipinski definition) is 3. The average Bonchev–Trinajstić information content (AvgIpc) is 3.09. The van der Waals surface area contributed by atoms with Crippen molar-refractivity contribution in [2.24, 2.45) is 0 Å². The number of aromatic amines is 2. The molecule has 0 saturated carbocycles. The van der Waals surface area contributed by atoms with Crippen LogP contribution in [0.2, 0.25) is 0 Å². The summed E-state index contributed by atoms with van der Waals surface area (Å²) >= 11 is 0. The second-order valence-corrected chi connectivity index (χ2v) is 7.17. The van der Waals surface area contributed by atoms with Crippen LogP contribution in [0.25, 0.3) is 11.0 Å². The average molecular weight is 368 g/mol. The van der Waals surface area contributed by atoms with Gasteiger partial charge in [0.2, 0.25) is 5.95 Å². The predicted molar refractivity (Wildman–Crippen MR) is 104 cm³/mol. The quantitative estimate of drug-likeness (QED) is 0.636. The van der Waals surface area contributed by atoms with E-state index in [1.54, 1.807) is 0 Å². The van der Waals surface area contributed by atoms with E-state index in [1.165, 1.54) is 11.8 Å². The first kappa shape index (κ1) is 17.7. The van der Waals surface area contributed by atoms with Gasteiger partial charge in [-0.2, -0.15) is 10.1 Å². The van der Waals surface area contributed by atoms with E-state index >= 15 is 0 Å². The van der Waals surface area contributed by atoms with Crippen molar-refractivity contribution in [2.45, 2.75) is 39.1 Å². The lowest BCUT2D eigenvalue weighted by Gasteiger charge is -2.35. The fourth-order valence-corrected chi connectivity index (χ4v) is 3.55. The van der Waals surface area contributed by atoms with Crippen molar-refractivity contribution in [1.29, 1.82) is 0 Å². The highest BCUT2D eigenvalue weighted by molar-refractivity contribution is 5.73. The van der Waals surface area contributed by atoms with E-state index in [1.807, 2.05) is 0 Å². The van der Waals surface area contributed by atoms with Crippen LogP contribution in [0.5, 0.6) is 0 Å². The van der Waals surface area contributed by atoms with Gasteiger partial charge in [0.05, 0.1) is 18.4 Å². The lowest BCUT2D eigenvalue weighted by molar-refractivity contribution is -0.0704. The number of aromatic nitrogens is 4. The van der Waals surface area contributed by atoms with E-state index in [-0.39, 0.29) is 17.8 Å². The van der Waals surface area contributed by atoms with Crippen LogP contribution in [0.15, 0.2) is 35.3 Å². The molecular weight excluding hydrogens is 344 g/mol. The molecule has 1 aliphatic rings. The van der Waals surface area contributed by atoms with Crippen molar-refractivity contribution in [1.82, 2.24) is 25.1 Å². The summed E-state index contributed by atoms with van der Waals surface area (Å²) in [5.74, 6) is 0.428. The van der Waals surface area contributed by atoms with Gasteiger partial charge < -0.3 is 10.1 Å². The van der Waals surface area contributed by atoms with E-state index in [2.05, 4.69) is 68.5 Å². The summed E-state index contributed by atoms with van der Waals surface area (Å²) in [6, 6.07) is 8.50. The molecule has 0 radical (unpaired) electrons. The van der Waals surface area contributed by atoms with Crippen LogP contribution in [-0.2, 0) is 17.8 Å². The number of fused-ring (bicyclic) bond motifs is 1. The Bertz CT molecular complexity index is 954. The van der Waals surface area contributed by atoms with Crippen LogP contribution in [0.1, 0.15) is 25.0 Å². The van der Waals surface area contributed by atoms with Crippen LogP contribution in [0.3, 0.4) is 0 Å². The van der Waals surface area contributed by atoms with Crippen LogP contribution < -0.4 is 10.9 Å². The molecule has 0 amide bonds. The van der Waals surface area contributed by atoms with Gasteiger partial charge in [-0.15, -0.1) is 0 Å². The number of H-pyrrole nitrogens is 2. The van der Waals surface area contributed by atoms with Gasteiger partial charge in [-0.25, -0.2) is 0 Å². The Morgan fingerprint density at radius 3 is 2.63 bits per heavy atom. The van der Waals surface area contributed by atoms with Crippen LogP contribution in [-0.4, -0.2) is 50.4 Å². The molecular formula is C19H24N6O2. The molecule has 2 aromatic heterocycles. The first-order chi connectivity index (χ1) is 13.1. The standard InChI is InChI=1S/C19H24N6O2/c1-12-9-25(10-13(2)27-12)11-15-5-3-14(4-6-15)7-20-19-22-17-16(8-21-24-17)18(26)23-19/h3-6,8,12-13H,7,9-11H2,1-2H3,(H3,20,21,22,23,24,26). The Morgan fingerprint density at radius 1 is 1.19 bits per heavy atom. The van der Waals surface area contributed by atoms with Crippen LogP contribution in [0.4, 0.5) is 5.95 Å². The number of nitrogens with one attached hydrogen (secondary N) is 3. The van der Waals surface area contributed by atoms with Gasteiger partial charge in [-0.3, -0.25) is 19.8 Å². The van der Waals surface area contributed by atoms with Gasteiger partial charge in [-0.05, 0) is 25.0 Å². The molecule has 8 heteroatoms. The van der Waals surface area contributed by atoms with Gasteiger partial charge in [-0.1, -0.05) is 24.3 Å². The molecule has 0 bridgehead atoms. The Hall–Kier alpha value is -2.71. The van der Waals surface area contributed by atoms with Crippen molar-refractivity contribution < 1.29 is 4.74 Å². The SMILES string of the molecule is CC1CN(Cc2ccc(CNc3nc4[nH]ncc4c(=O)[nH]3)cc2)CC(C)O1. The molecule has 142 valence electrons. The highest BCUT2D eigenvalue weighted by Crippen LogP contribution is 2.15. The van der Waals surface area contributed by atoms with Gasteiger partial charge in [0.15, 0.2) is 5.65 Å².